The van der Waals surface area contributed by atoms with Crippen molar-refractivity contribution in [2.75, 3.05) is 19.6 Å². The minimum atomic E-state index is -3.73. The normalized spacial score (nSPS) is 15.0. The monoisotopic (exact) mass is 493 g/mol. The van der Waals surface area contributed by atoms with Crippen LogP contribution in [0.4, 0.5) is 0 Å². The molecule has 7 nitrogen and oxygen atoms in total. The number of nitrogens with zero attached hydrogens (tertiary/aromatic N) is 2. The van der Waals surface area contributed by atoms with E-state index >= 15 is 0 Å². The van der Waals surface area contributed by atoms with Crippen LogP contribution in [0.3, 0.4) is 0 Å². The van der Waals surface area contributed by atoms with E-state index in [4.69, 9.17) is 0 Å². The summed E-state index contributed by atoms with van der Waals surface area (Å²) >= 11 is 0. The van der Waals surface area contributed by atoms with Gasteiger partial charge in [-0.25, -0.2) is 8.42 Å². The molecule has 8 heteroatoms. The summed E-state index contributed by atoms with van der Waals surface area (Å²) in [4.78, 5) is 26.4. The van der Waals surface area contributed by atoms with Gasteiger partial charge in [-0.2, -0.15) is 4.31 Å². The lowest BCUT2D eigenvalue weighted by Gasteiger charge is -2.20. The van der Waals surface area contributed by atoms with Crippen LogP contribution in [0.5, 0.6) is 0 Å². The number of carbonyl (C=O) groups excluding carboxylic acids is 1. The Kier molecular flexibility index (Phi) is 7.83. The maximum atomic E-state index is 13.4. The quantitative estimate of drug-likeness (QED) is 0.485. The van der Waals surface area contributed by atoms with Crippen LogP contribution in [-0.4, -0.2) is 42.8 Å². The second-order valence-corrected chi connectivity index (χ2v) is 10.7. The van der Waals surface area contributed by atoms with Gasteiger partial charge in [0.1, 0.15) is 5.56 Å². The molecule has 4 rings (SSSR count). The van der Waals surface area contributed by atoms with Gasteiger partial charge in [0, 0.05) is 37.8 Å². The standard InChI is InChI=1S/C27H31N3O4S/c1-2-16-29-20-24(27(32)28-15-14-21-10-6-5-7-11-21)26(31)23-19-22(12-13-25(23)29)35(33,34)30-17-8-3-4-9-18-30/h2,5-7,10-13,19-20H,1,3-4,8-9,14-18H2,(H,28,32). The fourth-order valence-electron chi connectivity index (χ4n) is 4.48. The predicted molar refractivity (Wildman–Crippen MR) is 138 cm³/mol. The summed E-state index contributed by atoms with van der Waals surface area (Å²) in [5.41, 5.74) is 1.14. The van der Waals surface area contributed by atoms with Crippen molar-refractivity contribution in [3.8, 4) is 0 Å². The molecule has 1 amide bonds. The summed E-state index contributed by atoms with van der Waals surface area (Å²) in [5, 5.41) is 3.03. The molecule has 1 aromatic heterocycles. The van der Waals surface area contributed by atoms with Gasteiger partial charge < -0.3 is 9.88 Å². The summed E-state index contributed by atoms with van der Waals surface area (Å²) in [6.07, 6.45) is 7.51. The number of rotatable bonds is 8. The van der Waals surface area contributed by atoms with E-state index < -0.39 is 21.4 Å². The van der Waals surface area contributed by atoms with Gasteiger partial charge in [0.25, 0.3) is 5.91 Å². The van der Waals surface area contributed by atoms with Crippen molar-refractivity contribution in [2.24, 2.45) is 0 Å². The Hall–Kier alpha value is -3.23. The number of aromatic nitrogens is 1. The number of hydrogen-bond acceptors (Lipinski definition) is 4. The molecule has 3 aromatic rings. The second kappa shape index (κ2) is 11.0. The lowest BCUT2D eigenvalue weighted by atomic mass is 10.1. The van der Waals surface area contributed by atoms with Crippen molar-refractivity contribution < 1.29 is 13.2 Å². The summed E-state index contributed by atoms with van der Waals surface area (Å²) in [5.74, 6) is -0.480. The van der Waals surface area contributed by atoms with E-state index in [0.717, 1.165) is 31.2 Å². The minimum absolute atomic E-state index is 0.0169. The molecule has 184 valence electrons. The molecule has 2 aromatic carbocycles. The van der Waals surface area contributed by atoms with Crippen LogP contribution in [0.25, 0.3) is 10.9 Å². The molecule has 0 atom stereocenters. The van der Waals surface area contributed by atoms with Gasteiger partial charge in [-0.15, -0.1) is 6.58 Å². The maximum absolute atomic E-state index is 13.4. The average Bonchev–Trinajstić information content (AvgIpc) is 3.16. The number of nitrogens with one attached hydrogen (secondary N) is 1. The van der Waals surface area contributed by atoms with E-state index in [1.807, 2.05) is 30.3 Å². The SMILES string of the molecule is C=CCn1cc(C(=O)NCCc2ccccc2)c(=O)c2cc(S(=O)(=O)N3CCCCCC3)ccc21. The van der Waals surface area contributed by atoms with Crippen LogP contribution in [0.1, 0.15) is 41.6 Å². The highest BCUT2D eigenvalue weighted by Crippen LogP contribution is 2.23. The van der Waals surface area contributed by atoms with Gasteiger partial charge in [-0.3, -0.25) is 9.59 Å². The van der Waals surface area contributed by atoms with Crippen molar-refractivity contribution in [1.82, 2.24) is 14.2 Å². The Morgan fingerprint density at radius 2 is 1.74 bits per heavy atom. The Morgan fingerprint density at radius 1 is 1.03 bits per heavy atom. The van der Waals surface area contributed by atoms with Crippen molar-refractivity contribution in [2.45, 2.75) is 43.5 Å². The molecule has 1 saturated heterocycles. The van der Waals surface area contributed by atoms with Crippen LogP contribution in [0.15, 0.2) is 77.1 Å². The van der Waals surface area contributed by atoms with Gasteiger partial charge >= 0.3 is 0 Å². The van der Waals surface area contributed by atoms with Gasteiger partial charge in [0.15, 0.2) is 0 Å². The number of sulfonamides is 1. The maximum Gasteiger partial charge on any atom is 0.256 e. The highest BCUT2D eigenvalue weighted by molar-refractivity contribution is 7.89. The molecular formula is C27H31N3O4S. The van der Waals surface area contributed by atoms with Crippen molar-refractivity contribution in [3.63, 3.8) is 0 Å². The third-order valence-corrected chi connectivity index (χ3v) is 8.26. The van der Waals surface area contributed by atoms with Crippen LogP contribution in [-0.2, 0) is 23.0 Å². The summed E-state index contributed by atoms with van der Waals surface area (Å²) in [6.45, 7) is 5.48. The number of allylic oxidation sites excluding steroid dienone is 1. The first-order chi connectivity index (χ1) is 16.9. The van der Waals surface area contributed by atoms with E-state index in [2.05, 4.69) is 11.9 Å². The number of hydrogen-bond donors (Lipinski definition) is 1. The second-order valence-electron chi connectivity index (χ2n) is 8.80. The first kappa shape index (κ1) is 24.9. The zero-order valence-corrected chi connectivity index (χ0v) is 20.6. The molecule has 0 spiro atoms. The first-order valence-electron chi connectivity index (χ1n) is 12.0. The molecule has 0 radical (unpaired) electrons. The molecule has 1 fully saturated rings. The highest BCUT2D eigenvalue weighted by Gasteiger charge is 2.26. The molecule has 1 aliphatic rings. The predicted octanol–water partition coefficient (Wildman–Crippen LogP) is 3.72. The van der Waals surface area contributed by atoms with Gasteiger partial charge in [0.2, 0.25) is 15.5 Å². The number of benzene rings is 2. The van der Waals surface area contributed by atoms with E-state index in [0.29, 0.717) is 38.1 Å². The number of carbonyl (C=O) groups is 1. The van der Waals surface area contributed by atoms with Gasteiger partial charge in [0.05, 0.1) is 10.4 Å². The van der Waals surface area contributed by atoms with Crippen molar-refractivity contribution in [3.05, 3.63) is 88.7 Å². The van der Waals surface area contributed by atoms with E-state index in [1.54, 1.807) is 22.8 Å². The molecular weight excluding hydrogens is 462 g/mol. The third-order valence-electron chi connectivity index (χ3n) is 6.37. The third kappa shape index (κ3) is 5.55. The van der Waals surface area contributed by atoms with E-state index in [1.165, 1.54) is 16.6 Å². The summed E-state index contributed by atoms with van der Waals surface area (Å²) in [7, 11) is -3.73. The largest absolute Gasteiger partial charge is 0.352 e. The molecule has 0 saturated carbocycles. The molecule has 0 bridgehead atoms. The van der Waals surface area contributed by atoms with Crippen LogP contribution >= 0.6 is 0 Å². The summed E-state index contributed by atoms with van der Waals surface area (Å²) in [6, 6.07) is 14.4. The van der Waals surface area contributed by atoms with E-state index in [-0.39, 0.29) is 15.8 Å². The number of pyridine rings is 1. The molecule has 35 heavy (non-hydrogen) atoms. The zero-order chi connectivity index (χ0) is 24.8. The molecule has 0 aliphatic carbocycles. The average molecular weight is 494 g/mol. The Balaban J connectivity index is 1.68. The van der Waals surface area contributed by atoms with Crippen LogP contribution in [0, 0.1) is 0 Å². The highest BCUT2D eigenvalue weighted by atomic mass is 32.2. The Bertz CT molecular complexity index is 1370. The zero-order valence-electron chi connectivity index (χ0n) is 19.8. The fourth-order valence-corrected chi connectivity index (χ4v) is 6.02. The summed E-state index contributed by atoms with van der Waals surface area (Å²) < 4.78 is 29.9. The number of amides is 1. The Labute approximate surface area is 206 Å². The fraction of sp³-hybridized carbons (Fsp3) is 0.333. The first-order valence-corrected chi connectivity index (χ1v) is 13.5. The lowest BCUT2D eigenvalue weighted by Crippen LogP contribution is -2.32. The topological polar surface area (TPSA) is 88.5 Å². The van der Waals surface area contributed by atoms with E-state index in [9.17, 15) is 18.0 Å². The molecule has 1 aliphatic heterocycles. The van der Waals surface area contributed by atoms with Gasteiger partial charge in [-0.05, 0) is 43.0 Å². The molecule has 1 N–H and O–H groups in total. The van der Waals surface area contributed by atoms with Gasteiger partial charge in [-0.1, -0.05) is 49.2 Å². The van der Waals surface area contributed by atoms with Crippen molar-refractivity contribution >= 4 is 26.8 Å². The smallest absolute Gasteiger partial charge is 0.256 e. The Morgan fingerprint density at radius 3 is 2.43 bits per heavy atom. The van der Waals surface area contributed by atoms with Crippen LogP contribution in [0.2, 0.25) is 0 Å². The molecule has 2 heterocycles. The minimum Gasteiger partial charge on any atom is -0.352 e. The molecule has 0 unspecified atom stereocenters. The van der Waals surface area contributed by atoms with Crippen molar-refractivity contribution in [1.29, 1.82) is 0 Å². The number of fused-ring (bicyclic) bond motifs is 1. The lowest BCUT2D eigenvalue weighted by molar-refractivity contribution is 0.0952. The van der Waals surface area contributed by atoms with Crippen LogP contribution < -0.4 is 10.7 Å².